The van der Waals surface area contributed by atoms with Crippen LogP contribution in [0.5, 0.6) is 5.75 Å². The minimum atomic E-state index is -0.174. The molecule has 1 aromatic rings. The Hall–Kier alpha value is -1.55. The average Bonchev–Trinajstić information content (AvgIpc) is 2.45. The number of hydrogen-bond donors (Lipinski definition) is 2. The van der Waals surface area contributed by atoms with Crippen molar-refractivity contribution in [3.8, 4) is 5.75 Å². The highest BCUT2D eigenvalue weighted by Crippen LogP contribution is 2.28. The smallest absolute Gasteiger partial charge is 0.227 e. The highest BCUT2D eigenvalue weighted by molar-refractivity contribution is 5.93. The van der Waals surface area contributed by atoms with E-state index < -0.39 is 0 Å². The molecule has 1 aliphatic heterocycles. The number of nitrogens with two attached hydrogens (primary N) is 1. The lowest BCUT2D eigenvalue weighted by Crippen LogP contribution is -2.32. The molecule has 0 fully saturated rings. The number of anilines is 1. The van der Waals surface area contributed by atoms with Gasteiger partial charge in [0.05, 0.1) is 18.7 Å². The Balaban J connectivity index is 2.13. The number of benzene rings is 1. The molecular weight excluding hydrogens is 228 g/mol. The molecule has 0 aliphatic carbocycles. The van der Waals surface area contributed by atoms with Crippen LogP contribution in [-0.2, 0) is 11.2 Å². The molecule has 0 aromatic heterocycles. The van der Waals surface area contributed by atoms with E-state index in [9.17, 15) is 4.79 Å². The van der Waals surface area contributed by atoms with Gasteiger partial charge in [0.2, 0.25) is 5.91 Å². The first-order valence-electron chi connectivity index (χ1n) is 6.28. The van der Waals surface area contributed by atoms with E-state index in [1.165, 1.54) is 0 Å². The molecule has 18 heavy (non-hydrogen) atoms. The van der Waals surface area contributed by atoms with Crippen LogP contribution < -0.4 is 15.8 Å². The summed E-state index contributed by atoms with van der Waals surface area (Å²) in [6.07, 6.45) is 2.20. The van der Waals surface area contributed by atoms with Crippen LogP contribution in [0.3, 0.4) is 0 Å². The second-order valence-electron chi connectivity index (χ2n) is 5.47. The van der Waals surface area contributed by atoms with E-state index in [0.717, 1.165) is 29.8 Å². The summed E-state index contributed by atoms with van der Waals surface area (Å²) in [5.74, 6) is 0.752. The first-order valence-corrected chi connectivity index (χ1v) is 6.28. The van der Waals surface area contributed by atoms with Crippen LogP contribution in [-0.4, -0.2) is 18.1 Å². The van der Waals surface area contributed by atoms with Gasteiger partial charge in [0, 0.05) is 5.54 Å². The normalized spacial score (nSPS) is 15.4. The molecule has 0 spiro atoms. The number of hydrogen-bond acceptors (Lipinski definition) is 3. The second kappa shape index (κ2) is 4.98. The molecule has 0 atom stereocenters. The van der Waals surface area contributed by atoms with Crippen LogP contribution >= 0.6 is 0 Å². The van der Waals surface area contributed by atoms with Crippen molar-refractivity contribution >= 4 is 11.6 Å². The van der Waals surface area contributed by atoms with Crippen LogP contribution in [0.15, 0.2) is 18.2 Å². The van der Waals surface area contributed by atoms with Gasteiger partial charge < -0.3 is 15.8 Å². The largest absolute Gasteiger partial charge is 0.491 e. The Morgan fingerprint density at radius 2 is 2.22 bits per heavy atom. The topological polar surface area (TPSA) is 64.3 Å². The third-order valence-corrected chi connectivity index (χ3v) is 2.96. The van der Waals surface area contributed by atoms with Crippen LogP contribution in [0.4, 0.5) is 5.69 Å². The van der Waals surface area contributed by atoms with Gasteiger partial charge in [-0.25, -0.2) is 0 Å². The van der Waals surface area contributed by atoms with E-state index in [-0.39, 0.29) is 11.4 Å². The maximum atomic E-state index is 11.5. The van der Waals surface area contributed by atoms with Crippen molar-refractivity contribution < 1.29 is 9.53 Å². The van der Waals surface area contributed by atoms with Gasteiger partial charge in [-0.2, -0.15) is 0 Å². The number of carbonyl (C=O) groups is 1. The summed E-state index contributed by atoms with van der Waals surface area (Å²) in [6.45, 7) is 4.47. The Kier molecular flexibility index (Phi) is 3.57. The molecule has 0 radical (unpaired) electrons. The van der Waals surface area contributed by atoms with Gasteiger partial charge in [-0.15, -0.1) is 0 Å². The number of aryl methyl sites for hydroxylation is 1. The van der Waals surface area contributed by atoms with Gasteiger partial charge in [0.25, 0.3) is 0 Å². The Morgan fingerprint density at radius 3 is 2.94 bits per heavy atom. The van der Waals surface area contributed by atoms with Gasteiger partial charge in [-0.1, -0.05) is 6.07 Å². The Morgan fingerprint density at radius 1 is 1.44 bits per heavy atom. The monoisotopic (exact) mass is 248 g/mol. The molecule has 3 N–H and O–H groups in total. The van der Waals surface area contributed by atoms with Crippen molar-refractivity contribution in [2.45, 2.75) is 38.6 Å². The van der Waals surface area contributed by atoms with Crippen LogP contribution in [0.1, 0.15) is 32.3 Å². The van der Waals surface area contributed by atoms with E-state index in [1.54, 1.807) is 0 Å². The van der Waals surface area contributed by atoms with Crippen LogP contribution in [0, 0.1) is 0 Å². The fourth-order valence-corrected chi connectivity index (χ4v) is 1.89. The zero-order chi connectivity index (χ0) is 13.2. The second-order valence-corrected chi connectivity index (χ2v) is 5.47. The minimum Gasteiger partial charge on any atom is -0.491 e. The Bertz CT molecular complexity index is 450. The van der Waals surface area contributed by atoms with E-state index in [2.05, 4.69) is 5.32 Å². The van der Waals surface area contributed by atoms with Gasteiger partial charge in [0.15, 0.2) is 0 Å². The highest BCUT2D eigenvalue weighted by atomic mass is 16.5. The van der Waals surface area contributed by atoms with Crippen molar-refractivity contribution in [3.05, 3.63) is 23.8 Å². The number of nitrogens with one attached hydrogen (secondary N) is 1. The number of amides is 1. The van der Waals surface area contributed by atoms with Gasteiger partial charge in [0.1, 0.15) is 5.75 Å². The average molecular weight is 248 g/mol. The van der Waals surface area contributed by atoms with Crippen LogP contribution in [0.2, 0.25) is 0 Å². The quantitative estimate of drug-likeness (QED) is 0.860. The summed E-state index contributed by atoms with van der Waals surface area (Å²) in [7, 11) is 0. The summed E-state index contributed by atoms with van der Waals surface area (Å²) in [5, 5.41) is 2.86. The van der Waals surface area contributed by atoms with Crippen molar-refractivity contribution in [1.82, 2.24) is 0 Å². The number of carbonyl (C=O) groups excluding carboxylic acids is 1. The van der Waals surface area contributed by atoms with E-state index in [1.807, 2.05) is 32.0 Å². The molecule has 0 unspecified atom stereocenters. The van der Waals surface area contributed by atoms with Crippen molar-refractivity contribution in [2.24, 2.45) is 5.73 Å². The van der Waals surface area contributed by atoms with Gasteiger partial charge in [-0.05, 0) is 44.4 Å². The number of rotatable bonds is 3. The van der Waals surface area contributed by atoms with Crippen molar-refractivity contribution in [1.29, 1.82) is 0 Å². The maximum Gasteiger partial charge on any atom is 0.227 e. The number of fused-ring (bicyclic) bond motifs is 1. The van der Waals surface area contributed by atoms with E-state index in [0.29, 0.717) is 13.0 Å². The SMILES string of the molecule is CC(C)(N)CCc1ccc2c(c1)NC(=O)CCO2. The van der Waals surface area contributed by atoms with Crippen molar-refractivity contribution in [2.75, 3.05) is 11.9 Å². The molecule has 0 saturated heterocycles. The standard InChI is InChI=1S/C14H20N2O2/c1-14(2,15)7-5-10-3-4-12-11(9-10)16-13(17)6-8-18-12/h3-4,9H,5-8,15H2,1-2H3,(H,16,17). The van der Waals surface area contributed by atoms with Gasteiger partial charge >= 0.3 is 0 Å². The minimum absolute atomic E-state index is 0.00468. The fraction of sp³-hybridized carbons (Fsp3) is 0.500. The maximum absolute atomic E-state index is 11.5. The predicted octanol–water partition coefficient (Wildman–Crippen LogP) is 2.08. The lowest BCUT2D eigenvalue weighted by atomic mass is 9.96. The zero-order valence-electron chi connectivity index (χ0n) is 11.0. The molecule has 0 saturated carbocycles. The molecule has 1 aliphatic rings. The zero-order valence-corrected chi connectivity index (χ0v) is 11.0. The summed E-state index contributed by atoms with van der Waals surface area (Å²) in [6, 6.07) is 5.92. The lowest BCUT2D eigenvalue weighted by molar-refractivity contribution is -0.116. The van der Waals surface area contributed by atoms with Gasteiger partial charge in [-0.3, -0.25) is 4.79 Å². The van der Waals surface area contributed by atoms with Crippen LogP contribution in [0.25, 0.3) is 0 Å². The molecule has 0 bridgehead atoms. The summed E-state index contributed by atoms with van der Waals surface area (Å²) < 4.78 is 5.51. The van der Waals surface area contributed by atoms with E-state index >= 15 is 0 Å². The highest BCUT2D eigenvalue weighted by Gasteiger charge is 2.15. The third-order valence-electron chi connectivity index (χ3n) is 2.96. The molecule has 4 heteroatoms. The molecular formula is C14H20N2O2. The summed E-state index contributed by atoms with van der Waals surface area (Å²) in [5.41, 5.74) is 7.73. The first kappa shape index (κ1) is 12.9. The molecule has 98 valence electrons. The van der Waals surface area contributed by atoms with Crippen molar-refractivity contribution in [3.63, 3.8) is 0 Å². The molecule has 2 rings (SSSR count). The molecule has 1 amide bonds. The summed E-state index contributed by atoms with van der Waals surface area (Å²) >= 11 is 0. The third kappa shape index (κ3) is 3.47. The summed E-state index contributed by atoms with van der Waals surface area (Å²) in [4.78, 5) is 11.5. The number of ether oxygens (including phenoxy) is 1. The first-order chi connectivity index (χ1) is 8.44. The predicted molar refractivity (Wildman–Crippen MR) is 71.8 cm³/mol. The molecule has 1 heterocycles. The molecule has 1 aromatic carbocycles. The molecule has 4 nitrogen and oxygen atoms in total. The van der Waals surface area contributed by atoms with E-state index in [4.69, 9.17) is 10.5 Å². The fourth-order valence-electron chi connectivity index (χ4n) is 1.89. The lowest BCUT2D eigenvalue weighted by Gasteiger charge is -2.18. The Labute approximate surface area is 108 Å².